The highest BCUT2D eigenvalue weighted by Gasteiger charge is 2.29. The largest absolute Gasteiger partial charge is 0.378 e. The molecule has 0 aliphatic heterocycles. The lowest BCUT2D eigenvalue weighted by Gasteiger charge is -2.27. The van der Waals surface area contributed by atoms with Crippen LogP contribution in [0.3, 0.4) is 0 Å². The van der Waals surface area contributed by atoms with Crippen molar-refractivity contribution in [3.63, 3.8) is 0 Å². The van der Waals surface area contributed by atoms with E-state index < -0.39 is 15.5 Å². The van der Waals surface area contributed by atoms with E-state index in [1.54, 1.807) is 0 Å². The summed E-state index contributed by atoms with van der Waals surface area (Å²) in [7, 11) is -1.21. The molecule has 2 rings (SSSR count). The Hall–Kier alpha value is -1.65. The predicted octanol–water partition coefficient (Wildman–Crippen LogP) is 5.25. The van der Waals surface area contributed by atoms with Gasteiger partial charge in [0.1, 0.15) is 0 Å². The maximum absolute atomic E-state index is 12.8. The van der Waals surface area contributed by atoms with Gasteiger partial charge < -0.3 is 5.32 Å². The van der Waals surface area contributed by atoms with Crippen molar-refractivity contribution in [1.29, 1.82) is 0 Å². The summed E-state index contributed by atoms with van der Waals surface area (Å²) in [6, 6.07) is 17.0. The quantitative estimate of drug-likeness (QED) is 0.701. The molecule has 0 aromatic heterocycles. The lowest BCUT2D eigenvalue weighted by atomic mass is 9.91. The van der Waals surface area contributed by atoms with Gasteiger partial charge in [-0.2, -0.15) is 0 Å². The smallest absolute Gasteiger partial charge is 0.150 e. The molecule has 0 radical (unpaired) electrons. The third kappa shape index (κ3) is 5.68. The molecule has 5 heteroatoms. The van der Waals surface area contributed by atoms with E-state index in [0.717, 1.165) is 11.3 Å². The number of rotatable bonds is 7. The SMILES string of the molecule is C[C@@H](C(=O)CS(=O)C(C)(C)C)[C@@H](Nc1ccccc1)c1ccc(Cl)cc1. The summed E-state index contributed by atoms with van der Waals surface area (Å²) in [6.07, 6.45) is 0. The van der Waals surface area contributed by atoms with Crippen LogP contribution in [0.5, 0.6) is 0 Å². The first kappa shape index (κ1) is 20.7. The average Bonchev–Trinajstić information content (AvgIpc) is 2.60. The molecular formula is C21H26ClNO2S. The number of halogens is 1. The van der Waals surface area contributed by atoms with Crippen molar-refractivity contribution in [3.05, 3.63) is 65.2 Å². The minimum absolute atomic E-state index is 0.0124. The first-order chi connectivity index (χ1) is 12.2. The molecule has 3 atom stereocenters. The Morgan fingerprint density at radius 2 is 1.65 bits per heavy atom. The van der Waals surface area contributed by atoms with Gasteiger partial charge in [-0.1, -0.05) is 48.9 Å². The molecule has 2 aromatic carbocycles. The third-order valence-electron chi connectivity index (χ3n) is 4.29. The highest BCUT2D eigenvalue weighted by Crippen LogP contribution is 2.29. The molecule has 26 heavy (non-hydrogen) atoms. The number of anilines is 1. The standard InChI is InChI=1S/C21H26ClNO2S/c1-15(19(24)14-26(25)21(2,3)4)20(16-10-12-17(22)13-11-16)23-18-8-6-5-7-9-18/h5-13,15,20,23H,14H2,1-4H3/t15-,20+,26?/m0/s1. The molecule has 0 aliphatic rings. The monoisotopic (exact) mass is 391 g/mol. The molecule has 0 saturated heterocycles. The zero-order valence-electron chi connectivity index (χ0n) is 15.7. The van der Waals surface area contributed by atoms with E-state index in [9.17, 15) is 9.00 Å². The summed E-state index contributed by atoms with van der Waals surface area (Å²) in [5.41, 5.74) is 1.91. The molecular weight excluding hydrogens is 366 g/mol. The maximum atomic E-state index is 12.8. The minimum Gasteiger partial charge on any atom is -0.378 e. The van der Waals surface area contributed by atoms with Crippen molar-refractivity contribution >= 4 is 33.9 Å². The van der Waals surface area contributed by atoms with E-state index in [2.05, 4.69) is 5.32 Å². The summed E-state index contributed by atoms with van der Waals surface area (Å²) in [6.45, 7) is 7.55. The van der Waals surface area contributed by atoms with Crippen LogP contribution in [0.15, 0.2) is 54.6 Å². The van der Waals surface area contributed by atoms with Crippen molar-refractivity contribution in [1.82, 2.24) is 0 Å². The fourth-order valence-corrected chi connectivity index (χ4v) is 3.62. The first-order valence-corrected chi connectivity index (χ1v) is 10.4. The predicted molar refractivity (Wildman–Crippen MR) is 111 cm³/mol. The van der Waals surface area contributed by atoms with E-state index in [1.807, 2.05) is 82.3 Å². The number of nitrogens with one attached hydrogen (secondary N) is 1. The summed E-state index contributed by atoms with van der Waals surface area (Å²) >= 11 is 6.01. The lowest BCUT2D eigenvalue weighted by Crippen LogP contribution is -2.33. The minimum atomic E-state index is -1.21. The molecule has 1 N–H and O–H groups in total. The van der Waals surface area contributed by atoms with E-state index in [4.69, 9.17) is 11.6 Å². The molecule has 0 aliphatic carbocycles. The Labute approximate surface area is 163 Å². The zero-order valence-corrected chi connectivity index (χ0v) is 17.2. The fourth-order valence-electron chi connectivity index (χ4n) is 2.54. The summed E-state index contributed by atoms with van der Waals surface area (Å²) in [5, 5.41) is 4.10. The van der Waals surface area contributed by atoms with Crippen molar-refractivity contribution < 1.29 is 9.00 Å². The van der Waals surface area contributed by atoms with Crippen molar-refractivity contribution in [3.8, 4) is 0 Å². The zero-order chi connectivity index (χ0) is 19.3. The van der Waals surface area contributed by atoms with Crippen LogP contribution in [0.25, 0.3) is 0 Å². The Morgan fingerprint density at radius 1 is 1.08 bits per heavy atom. The molecule has 0 amide bonds. The van der Waals surface area contributed by atoms with Gasteiger partial charge in [0.25, 0.3) is 0 Å². The van der Waals surface area contributed by atoms with Gasteiger partial charge >= 0.3 is 0 Å². The van der Waals surface area contributed by atoms with Gasteiger partial charge in [-0.15, -0.1) is 0 Å². The van der Waals surface area contributed by atoms with Crippen LogP contribution in [0.4, 0.5) is 5.69 Å². The van der Waals surface area contributed by atoms with Gasteiger partial charge in [-0.3, -0.25) is 9.00 Å². The molecule has 0 fully saturated rings. The molecule has 0 heterocycles. The lowest BCUT2D eigenvalue weighted by molar-refractivity contribution is -0.120. The van der Waals surface area contributed by atoms with Crippen LogP contribution < -0.4 is 5.32 Å². The number of para-hydroxylation sites is 1. The number of hydrogen-bond donors (Lipinski definition) is 1. The van der Waals surface area contributed by atoms with Crippen LogP contribution in [0, 0.1) is 5.92 Å². The van der Waals surface area contributed by atoms with Gasteiger partial charge in [0.2, 0.25) is 0 Å². The van der Waals surface area contributed by atoms with E-state index >= 15 is 0 Å². The van der Waals surface area contributed by atoms with Crippen LogP contribution in [0.2, 0.25) is 5.02 Å². The van der Waals surface area contributed by atoms with Crippen molar-refractivity contribution in [2.24, 2.45) is 5.92 Å². The van der Waals surface area contributed by atoms with E-state index in [1.165, 1.54) is 0 Å². The fraction of sp³-hybridized carbons (Fsp3) is 0.381. The highest BCUT2D eigenvalue weighted by molar-refractivity contribution is 7.87. The molecule has 1 unspecified atom stereocenters. The van der Waals surface area contributed by atoms with E-state index in [0.29, 0.717) is 5.02 Å². The number of Topliss-reactive ketones (excluding diaryl/α,β-unsaturated/α-hetero) is 1. The van der Waals surface area contributed by atoms with Crippen molar-refractivity contribution in [2.75, 3.05) is 11.1 Å². The number of carbonyl (C=O) groups is 1. The Kier molecular flexibility index (Phi) is 7.01. The molecule has 140 valence electrons. The van der Waals surface area contributed by atoms with Gasteiger partial charge in [0.05, 0.1) is 11.8 Å². The Morgan fingerprint density at radius 3 is 2.19 bits per heavy atom. The Bertz CT molecular complexity index is 754. The summed E-state index contributed by atoms with van der Waals surface area (Å²) in [5.74, 6) is -0.282. The number of ketones is 1. The number of benzene rings is 2. The molecule has 0 spiro atoms. The normalized spacial score (nSPS) is 15.1. The van der Waals surface area contributed by atoms with Gasteiger partial charge in [-0.05, 0) is 50.6 Å². The molecule has 2 aromatic rings. The topological polar surface area (TPSA) is 46.2 Å². The van der Waals surface area contributed by atoms with Crippen LogP contribution in [0.1, 0.15) is 39.3 Å². The summed E-state index contributed by atoms with van der Waals surface area (Å²) in [4.78, 5) is 12.8. The second-order valence-electron chi connectivity index (χ2n) is 7.40. The Balaban J connectivity index is 2.26. The summed E-state index contributed by atoms with van der Waals surface area (Å²) < 4.78 is 12.0. The van der Waals surface area contributed by atoms with Gasteiger partial charge in [0, 0.05) is 32.2 Å². The van der Waals surface area contributed by atoms with Crippen LogP contribution in [-0.4, -0.2) is 20.5 Å². The third-order valence-corrected chi connectivity index (χ3v) is 6.45. The first-order valence-electron chi connectivity index (χ1n) is 8.66. The average molecular weight is 392 g/mol. The van der Waals surface area contributed by atoms with Gasteiger partial charge in [0.15, 0.2) is 5.78 Å². The highest BCUT2D eigenvalue weighted by atomic mass is 35.5. The maximum Gasteiger partial charge on any atom is 0.150 e. The second kappa shape index (κ2) is 8.83. The number of hydrogen-bond acceptors (Lipinski definition) is 3. The van der Waals surface area contributed by atoms with Crippen molar-refractivity contribution in [2.45, 2.75) is 38.5 Å². The number of carbonyl (C=O) groups excluding carboxylic acids is 1. The molecule has 0 saturated carbocycles. The van der Waals surface area contributed by atoms with Crippen LogP contribution >= 0.6 is 11.6 Å². The molecule has 3 nitrogen and oxygen atoms in total. The van der Waals surface area contributed by atoms with Gasteiger partial charge in [-0.25, -0.2) is 0 Å². The van der Waals surface area contributed by atoms with Crippen LogP contribution in [-0.2, 0) is 15.6 Å². The molecule has 0 bridgehead atoms. The second-order valence-corrected chi connectivity index (χ2v) is 10.0. The van der Waals surface area contributed by atoms with E-state index in [-0.39, 0.29) is 23.5 Å².